The van der Waals surface area contributed by atoms with Crippen LogP contribution in [-0.2, 0) is 4.79 Å². The molecule has 1 aliphatic heterocycles. The van der Waals surface area contributed by atoms with Gasteiger partial charge in [0.1, 0.15) is 5.54 Å². The lowest BCUT2D eigenvalue weighted by Crippen LogP contribution is -2.50. The number of anilines is 1. The minimum absolute atomic E-state index is 0.609. The van der Waals surface area contributed by atoms with E-state index >= 15 is 0 Å². The van der Waals surface area contributed by atoms with Gasteiger partial charge in [0.25, 0.3) is 0 Å². The van der Waals surface area contributed by atoms with Gasteiger partial charge in [-0.1, -0.05) is 25.1 Å². The van der Waals surface area contributed by atoms with Gasteiger partial charge in [0.05, 0.1) is 5.52 Å². The fourth-order valence-electron chi connectivity index (χ4n) is 3.48. The number of fused-ring (bicyclic) bond motifs is 1. The van der Waals surface area contributed by atoms with Crippen LogP contribution >= 0.6 is 0 Å². The van der Waals surface area contributed by atoms with Crippen molar-refractivity contribution in [2.24, 2.45) is 0 Å². The first-order valence-electron chi connectivity index (χ1n) is 7.46. The lowest BCUT2D eigenvalue weighted by molar-refractivity contribution is -0.143. The van der Waals surface area contributed by atoms with Gasteiger partial charge in [0.15, 0.2) is 0 Å². The molecule has 4 nitrogen and oxygen atoms in total. The molecule has 0 bridgehead atoms. The number of aliphatic carboxylic acids is 1. The van der Waals surface area contributed by atoms with Crippen LogP contribution in [0.25, 0.3) is 10.9 Å². The molecule has 1 atom stereocenters. The quantitative estimate of drug-likeness (QED) is 0.938. The molecule has 1 aliphatic rings. The highest BCUT2D eigenvalue weighted by molar-refractivity contribution is 5.95. The standard InChI is InChI=1S/C17H20N2O2/c1-3-17(16(20)21)9-6-10-19(17)15-11-12(2)18-14-8-5-4-7-13(14)15/h4-5,7-8,11H,3,6,9-10H2,1-2H3,(H,20,21). The molecule has 0 aliphatic carbocycles. The molecule has 0 saturated carbocycles. The third-order valence-corrected chi connectivity index (χ3v) is 4.58. The average Bonchev–Trinajstić information content (AvgIpc) is 2.91. The highest BCUT2D eigenvalue weighted by atomic mass is 16.4. The number of benzene rings is 1. The summed E-state index contributed by atoms with van der Waals surface area (Å²) in [6, 6.07) is 9.97. The van der Waals surface area contributed by atoms with Crippen LogP contribution in [0.1, 0.15) is 31.9 Å². The molecule has 2 aromatic rings. The Morgan fingerprint density at radius 3 is 2.90 bits per heavy atom. The van der Waals surface area contributed by atoms with Crippen molar-refractivity contribution < 1.29 is 9.90 Å². The minimum Gasteiger partial charge on any atom is -0.479 e. The summed E-state index contributed by atoms with van der Waals surface area (Å²) in [5.74, 6) is -0.721. The van der Waals surface area contributed by atoms with E-state index in [1.165, 1.54) is 0 Å². The van der Waals surface area contributed by atoms with Crippen molar-refractivity contribution in [2.45, 2.75) is 38.6 Å². The summed E-state index contributed by atoms with van der Waals surface area (Å²) >= 11 is 0. The fraction of sp³-hybridized carbons (Fsp3) is 0.412. The minimum atomic E-state index is -0.781. The Bertz CT molecular complexity index is 698. The van der Waals surface area contributed by atoms with E-state index in [0.29, 0.717) is 12.8 Å². The van der Waals surface area contributed by atoms with E-state index in [9.17, 15) is 9.90 Å². The summed E-state index contributed by atoms with van der Waals surface area (Å²) in [6.45, 7) is 4.71. The third kappa shape index (κ3) is 2.06. The van der Waals surface area contributed by atoms with Gasteiger partial charge in [-0.2, -0.15) is 0 Å². The Labute approximate surface area is 124 Å². The van der Waals surface area contributed by atoms with Gasteiger partial charge in [0.2, 0.25) is 0 Å². The molecule has 1 fully saturated rings. The van der Waals surface area contributed by atoms with E-state index in [0.717, 1.165) is 35.2 Å². The zero-order valence-electron chi connectivity index (χ0n) is 12.5. The van der Waals surface area contributed by atoms with E-state index in [1.54, 1.807) is 0 Å². The summed E-state index contributed by atoms with van der Waals surface area (Å²) in [7, 11) is 0. The summed E-state index contributed by atoms with van der Waals surface area (Å²) in [4.78, 5) is 18.5. The van der Waals surface area contributed by atoms with Gasteiger partial charge in [0, 0.05) is 23.3 Å². The summed E-state index contributed by atoms with van der Waals surface area (Å²) < 4.78 is 0. The van der Waals surface area contributed by atoms with Crippen LogP contribution in [0.3, 0.4) is 0 Å². The number of hydrogen-bond acceptors (Lipinski definition) is 3. The molecule has 3 rings (SSSR count). The molecule has 1 unspecified atom stereocenters. The number of hydrogen-bond donors (Lipinski definition) is 1. The van der Waals surface area contributed by atoms with Gasteiger partial charge in [-0.05, 0) is 38.3 Å². The second kappa shape index (κ2) is 5.02. The first-order chi connectivity index (χ1) is 10.1. The fourth-order valence-corrected chi connectivity index (χ4v) is 3.48. The van der Waals surface area contributed by atoms with Crippen LogP contribution in [0.5, 0.6) is 0 Å². The van der Waals surface area contributed by atoms with E-state index in [4.69, 9.17) is 0 Å². The summed E-state index contributed by atoms with van der Waals surface area (Å²) in [6.07, 6.45) is 2.22. The van der Waals surface area contributed by atoms with Crippen molar-refractivity contribution in [3.8, 4) is 0 Å². The van der Waals surface area contributed by atoms with Crippen molar-refractivity contribution in [2.75, 3.05) is 11.4 Å². The van der Waals surface area contributed by atoms with Crippen molar-refractivity contribution >= 4 is 22.6 Å². The molecule has 1 aromatic carbocycles. The SMILES string of the molecule is CCC1(C(=O)O)CCCN1c1cc(C)nc2ccccc12. The molecule has 0 radical (unpaired) electrons. The van der Waals surface area contributed by atoms with E-state index in [2.05, 4.69) is 9.88 Å². The Hall–Kier alpha value is -2.10. The second-order valence-corrected chi connectivity index (χ2v) is 5.75. The van der Waals surface area contributed by atoms with Crippen molar-refractivity contribution in [3.05, 3.63) is 36.0 Å². The molecule has 1 aromatic heterocycles. The predicted molar refractivity (Wildman–Crippen MR) is 83.7 cm³/mol. The maximum Gasteiger partial charge on any atom is 0.329 e. The monoisotopic (exact) mass is 284 g/mol. The van der Waals surface area contributed by atoms with E-state index in [1.807, 2.05) is 44.2 Å². The molecule has 4 heteroatoms. The molecule has 1 saturated heterocycles. The number of pyridine rings is 1. The van der Waals surface area contributed by atoms with Crippen LogP contribution in [0.15, 0.2) is 30.3 Å². The Balaban J connectivity index is 2.22. The first-order valence-corrected chi connectivity index (χ1v) is 7.46. The lowest BCUT2D eigenvalue weighted by Gasteiger charge is -2.36. The number of para-hydroxylation sites is 1. The molecule has 2 heterocycles. The molecule has 0 spiro atoms. The number of carboxylic acids is 1. The maximum atomic E-state index is 11.9. The summed E-state index contributed by atoms with van der Waals surface area (Å²) in [5, 5.41) is 10.8. The number of carboxylic acid groups (broad SMARTS) is 1. The van der Waals surface area contributed by atoms with Gasteiger partial charge >= 0.3 is 5.97 Å². The summed E-state index contributed by atoms with van der Waals surface area (Å²) in [5.41, 5.74) is 2.07. The zero-order chi connectivity index (χ0) is 15.0. The Morgan fingerprint density at radius 1 is 1.43 bits per heavy atom. The normalized spacial score (nSPS) is 21.9. The van der Waals surface area contributed by atoms with Gasteiger partial charge in [-0.3, -0.25) is 4.98 Å². The first kappa shape index (κ1) is 13.9. The van der Waals surface area contributed by atoms with Crippen molar-refractivity contribution in [3.63, 3.8) is 0 Å². The highest BCUT2D eigenvalue weighted by Gasteiger charge is 2.46. The van der Waals surface area contributed by atoms with Crippen LogP contribution in [-0.4, -0.2) is 28.1 Å². The van der Waals surface area contributed by atoms with E-state index in [-0.39, 0.29) is 0 Å². The maximum absolute atomic E-state index is 11.9. The Kier molecular flexibility index (Phi) is 3.32. The van der Waals surface area contributed by atoms with E-state index < -0.39 is 11.5 Å². The van der Waals surface area contributed by atoms with Gasteiger partial charge < -0.3 is 10.0 Å². The molecule has 0 amide bonds. The molecular formula is C17H20N2O2. The largest absolute Gasteiger partial charge is 0.479 e. The highest BCUT2D eigenvalue weighted by Crippen LogP contribution is 2.40. The van der Waals surface area contributed by atoms with Crippen molar-refractivity contribution in [1.82, 2.24) is 4.98 Å². The molecule has 21 heavy (non-hydrogen) atoms. The molecular weight excluding hydrogens is 264 g/mol. The van der Waals surface area contributed by atoms with Crippen LogP contribution in [0, 0.1) is 6.92 Å². The Morgan fingerprint density at radius 2 is 2.19 bits per heavy atom. The second-order valence-electron chi connectivity index (χ2n) is 5.75. The number of carbonyl (C=O) groups is 1. The topological polar surface area (TPSA) is 53.4 Å². The molecule has 110 valence electrons. The number of aryl methyl sites for hydroxylation is 1. The predicted octanol–water partition coefficient (Wildman–Crippen LogP) is 3.38. The van der Waals surface area contributed by atoms with Crippen molar-refractivity contribution in [1.29, 1.82) is 0 Å². The van der Waals surface area contributed by atoms with Crippen LogP contribution in [0.4, 0.5) is 5.69 Å². The van der Waals surface area contributed by atoms with Gasteiger partial charge in [-0.25, -0.2) is 4.79 Å². The zero-order valence-corrected chi connectivity index (χ0v) is 12.5. The lowest BCUT2D eigenvalue weighted by atomic mass is 9.92. The van der Waals surface area contributed by atoms with Crippen LogP contribution < -0.4 is 4.90 Å². The molecule has 1 N–H and O–H groups in total. The van der Waals surface area contributed by atoms with Crippen LogP contribution in [0.2, 0.25) is 0 Å². The average molecular weight is 284 g/mol. The smallest absolute Gasteiger partial charge is 0.329 e. The van der Waals surface area contributed by atoms with Gasteiger partial charge in [-0.15, -0.1) is 0 Å². The number of aromatic nitrogens is 1. The number of rotatable bonds is 3. The third-order valence-electron chi connectivity index (χ3n) is 4.58. The number of nitrogens with zero attached hydrogens (tertiary/aromatic N) is 2.